The average molecular weight is 443 g/mol. The van der Waals surface area contributed by atoms with Gasteiger partial charge in [0.25, 0.3) is 5.91 Å². The fraction of sp³-hybridized carbons (Fsp3) is 0.619. The molecule has 30 heavy (non-hydrogen) atoms. The lowest BCUT2D eigenvalue weighted by atomic mass is 10.0. The monoisotopic (exact) mass is 442 g/mol. The maximum Gasteiger partial charge on any atom is 0.350 e. The summed E-state index contributed by atoms with van der Waals surface area (Å²) in [7, 11) is 3.01. The number of carbonyl (C=O) groups excluding carboxylic acids is 3. The molecule has 9 heteroatoms. The van der Waals surface area contributed by atoms with Crippen LogP contribution in [0.4, 0.5) is 5.69 Å². The Labute approximate surface area is 183 Å². The van der Waals surface area contributed by atoms with Crippen LogP contribution < -0.4 is 5.32 Å². The molecule has 1 aliphatic rings. The highest BCUT2D eigenvalue weighted by Crippen LogP contribution is 2.29. The Balaban J connectivity index is 0.00000198. The van der Waals surface area contributed by atoms with Crippen LogP contribution in [0.2, 0.25) is 0 Å². The van der Waals surface area contributed by atoms with Gasteiger partial charge in [-0.15, -0.1) is 11.3 Å². The molecular weight excluding hydrogens is 406 g/mol. The van der Waals surface area contributed by atoms with Crippen molar-refractivity contribution in [1.82, 2.24) is 0 Å². The Kier molecular flexibility index (Phi) is 13.0. The second-order valence-electron chi connectivity index (χ2n) is 6.90. The van der Waals surface area contributed by atoms with Gasteiger partial charge >= 0.3 is 5.97 Å². The molecule has 1 aromatic heterocycles. The van der Waals surface area contributed by atoms with Gasteiger partial charge in [0.05, 0.1) is 32.0 Å². The molecule has 2 N–H and O–H groups in total. The van der Waals surface area contributed by atoms with E-state index in [1.807, 2.05) is 26.2 Å². The molecule has 0 atom stereocenters. The molecule has 1 aliphatic heterocycles. The van der Waals surface area contributed by atoms with E-state index in [9.17, 15) is 14.4 Å². The van der Waals surface area contributed by atoms with Gasteiger partial charge in [-0.25, -0.2) is 4.79 Å². The Bertz CT molecular complexity index is 697. The van der Waals surface area contributed by atoms with Crippen molar-refractivity contribution in [2.24, 2.45) is 0 Å². The number of piperidine rings is 1. The quantitative estimate of drug-likeness (QED) is 0.383. The largest absolute Gasteiger partial charge is 0.465 e. The third kappa shape index (κ3) is 7.97. The number of thiophene rings is 1. The van der Waals surface area contributed by atoms with Gasteiger partial charge in [0, 0.05) is 26.9 Å². The number of quaternary nitrogens is 1. The predicted molar refractivity (Wildman–Crippen MR) is 121 cm³/mol. The van der Waals surface area contributed by atoms with Gasteiger partial charge in [-0.2, -0.15) is 0 Å². The zero-order valence-electron chi connectivity index (χ0n) is 19.0. The molecule has 1 amide bonds. The molecule has 0 radical (unpaired) electrons. The summed E-state index contributed by atoms with van der Waals surface area (Å²) in [5.74, 6) is -0.601. The molecule has 8 nitrogen and oxygen atoms in total. The van der Waals surface area contributed by atoms with Crippen LogP contribution in [0.1, 0.15) is 48.8 Å². The van der Waals surface area contributed by atoms with Crippen LogP contribution in [0, 0.1) is 12.3 Å². The molecule has 1 fully saturated rings. The van der Waals surface area contributed by atoms with E-state index < -0.39 is 5.97 Å². The number of nitrogens with one attached hydrogen (secondary N) is 2. The first-order valence-corrected chi connectivity index (χ1v) is 10.9. The molecule has 170 valence electrons. The second-order valence-corrected chi connectivity index (χ2v) is 7.78. The molecular formula is C21H36N3O5S+. The summed E-state index contributed by atoms with van der Waals surface area (Å²) in [4.78, 5) is 36.7. The van der Waals surface area contributed by atoms with E-state index in [4.69, 9.17) is 14.9 Å². The smallest absolute Gasteiger partial charge is 0.350 e. The fourth-order valence-electron chi connectivity index (χ4n) is 3.50. The van der Waals surface area contributed by atoms with Gasteiger partial charge in [-0.1, -0.05) is 13.8 Å². The SMILES string of the molecule is C=N.CC.COC(=O)c1scc(C)c1NC(=O)C[N+]1(CC(C)=O)CCC(OC)CC1. The highest BCUT2D eigenvalue weighted by atomic mass is 32.1. The zero-order valence-corrected chi connectivity index (χ0v) is 19.8. The number of ketones is 1. The standard InChI is InChI=1S/C18H26N2O5S.C2H6.CH3N/c1-12-11-26-17(18(23)25-4)16(12)19-15(22)10-20(9-13(2)21)7-5-14(24-3)6-8-20;2*1-2/h11,14H,5-10H2,1-4H3;1-2H3;2H,1H2/p+1. The van der Waals surface area contributed by atoms with Crippen molar-refractivity contribution in [3.63, 3.8) is 0 Å². The molecule has 0 aromatic carbocycles. The van der Waals surface area contributed by atoms with Crippen LogP contribution in [0.3, 0.4) is 0 Å². The van der Waals surface area contributed by atoms with Gasteiger partial charge in [0.1, 0.15) is 11.4 Å². The molecule has 1 aromatic rings. The zero-order chi connectivity index (χ0) is 23.3. The summed E-state index contributed by atoms with van der Waals surface area (Å²) in [6.07, 6.45) is 1.82. The first-order chi connectivity index (χ1) is 14.3. The first kappa shape index (κ1) is 27.9. The normalized spacial score (nSPS) is 20.0. The number of aryl methyl sites for hydroxylation is 1. The minimum Gasteiger partial charge on any atom is -0.465 e. The number of amides is 1. The topological polar surface area (TPSA) is 106 Å². The van der Waals surface area contributed by atoms with Gasteiger partial charge < -0.3 is 24.7 Å². The number of hydrogen-bond acceptors (Lipinski definition) is 7. The number of likely N-dealkylation sites (tertiary alicyclic amines) is 1. The molecule has 0 bridgehead atoms. The summed E-state index contributed by atoms with van der Waals surface area (Å²) in [5.41, 5.74) is 1.32. The van der Waals surface area contributed by atoms with Gasteiger partial charge in [-0.3, -0.25) is 9.59 Å². The molecule has 0 spiro atoms. The minimum absolute atomic E-state index is 0.0654. The van der Waals surface area contributed by atoms with Crippen LogP contribution in [-0.2, 0) is 19.1 Å². The number of carbonyl (C=O) groups is 3. The van der Waals surface area contributed by atoms with E-state index in [1.165, 1.54) is 18.4 Å². The minimum atomic E-state index is -0.466. The number of hydrogen-bond donors (Lipinski definition) is 2. The average Bonchev–Trinajstić information content (AvgIpc) is 3.10. The highest BCUT2D eigenvalue weighted by molar-refractivity contribution is 7.12. The third-order valence-corrected chi connectivity index (χ3v) is 5.91. The van der Waals surface area contributed by atoms with Crippen molar-refractivity contribution in [1.29, 1.82) is 5.41 Å². The molecule has 0 saturated carbocycles. The van der Waals surface area contributed by atoms with Crippen LogP contribution >= 0.6 is 11.3 Å². The summed E-state index contributed by atoms with van der Waals surface area (Å²) >= 11 is 1.24. The van der Waals surface area contributed by atoms with Gasteiger partial charge in [0.2, 0.25) is 0 Å². The molecule has 1 saturated heterocycles. The first-order valence-electron chi connectivity index (χ1n) is 9.99. The molecule has 2 rings (SSSR count). The van der Waals surface area contributed by atoms with Crippen LogP contribution in [-0.4, -0.2) is 75.4 Å². The summed E-state index contributed by atoms with van der Waals surface area (Å²) in [6, 6.07) is 0. The van der Waals surface area contributed by atoms with E-state index >= 15 is 0 Å². The number of ether oxygens (including phenoxy) is 2. The van der Waals surface area contributed by atoms with E-state index in [0.29, 0.717) is 21.6 Å². The van der Waals surface area contributed by atoms with E-state index in [-0.39, 0.29) is 24.3 Å². The van der Waals surface area contributed by atoms with Crippen LogP contribution in [0.5, 0.6) is 0 Å². The van der Waals surface area contributed by atoms with Crippen LogP contribution in [0.15, 0.2) is 5.38 Å². The van der Waals surface area contributed by atoms with Crippen molar-refractivity contribution in [2.75, 3.05) is 45.7 Å². The number of Topliss-reactive ketones (excluding diaryl/α,β-unsaturated/α-hetero) is 1. The highest BCUT2D eigenvalue weighted by Gasteiger charge is 2.37. The van der Waals surface area contributed by atoms with Crippen molar-refractivity contribution < 1.29 is 28.3 Å². The van der Waals surface area contributed by atoms with Crippen molar-refractivity contribution in [2.45, 2.75) is 46.6 Å². The summed E-state index contributed by atoms with van der Waals surface area (Å²) in [6.45, 7) is 11.9. The number of methoxy groups -OCH3 is 2. The number of esters is 1. The van der Waals surface area contributed by atoms with E-state index in [0.717, 1.165) is 31.5 Å². The van der Waals surface area contributed by atoms with Gasteiger partial charge in [-0.05, 0) is 24.6 Å². The maximum atomic E-state index is 12.7. The van der Waals surface area contributed by atoms with Crippen molar-refractivity contribution in [3.05, 3.63) is 15.8 Å². The fourth-order valence-corrected chi connectivity index (χ4v) is 4.42. The molecule has 0 aliphatic carbocycles. The lowest BCUT2D eigenvalue weighted by molar-refractivity contribution is -0.918. The summed E-state index contributed by atoms with van der Waals surface area (Å²) < 4.78 is 10.6. The van der Waals surface area contributed by atoms with Crippen LogP contribution in [0.25, 0.3) is 0 Å². The number of rotatable bonds is 7. The Morgan fingerprint density at radius 2 is 1.77 bits per heavy atom. The number of anilines is 1. The summed E-state index contributed by atoms with van der Waals surface area (Å²) in [5, 5.41) is 10.2. The maximum absolute atomic E-state index is 12.7. The lowest BCUT2D eigenvalue weighted by Gasteiger charge is -2.42. The Morgan fingerprint density at radius 1 is 1.20 bits per heavy atom. The third-order valence-electron chi connectivity index (χ3n) is 4.83. The van der Waals surface area contributed by atoms with Crippen molar-refractivity contribution >= 4 is 41.4 Å². The Morgan fingerprint density at radius 3 is 2.23 bits per heavy atom. The molecule has 2 heterocycles. The molecule has 0 unspecified atom stereocenters. The second kappa shape index (κ2) is 14.0. The van der Waals surface area contributed by atoms with E-state index in [2.05, 4.69) is 12.0 Å². The predicted octanol–water partition coefficient (Wildman–Crippen LogP) is 3.29. The van der Waals surface area contributed by atoms with E-state index in [1.54, 1.807) is 14.0 Å². The number of nitrogens with zero attached hydrogens (tertiary/aromatic N) is 1. The lowest BCUT2D eigenvalue weighted by Crippen LogP contribution is -2.59. The van der Waals surface area contributed by atoms with Crippen molar-refractivity contribution in [3.8, 4) is 0 Å². The van der Waals surface area contributed by atoms with Gasteiger partial charge in [0.15, 0.2) is 12.3 Å². The Hall–Kier alpha value is -2.10.